The smallest absolute Gasteiger partial charge is 0.307 e. The Kier molecular flexibility index (Phi) is 4.07. The summed E-state index contributed by atoms with van der Waals surface area (Å²) in [6.07, 6.45) is 2.19. The maximum Gasteiger partial charge on any atom is 0.307 e. The highest BCUT2D eigenvalue weighted by Gasteiger charge is 2.42. The van der Waals surface area contributed by atoms with E-state index in [1.165, 1.54) is 11.3 Å². The van der Waals surface area contributed by atoms with E-state index in [1.807, 2.05) is 6.92 Å². The first-order valence-electron chi connectivity index (χ1n) is 6.04. The number of halogens is 1. The van der Waals surface area contributed by atoms with Crippen molar-refractivity contribution in [3.05, 3.63) is 21.3 Å². The van der Waals surface area contributed by atoms with Gasteiger partial charge in [-0.2, -0.15) is 0 Å². The molecule has 1 aliphatic rings. The number of rotatable bonds is 4. The maximum absolute atomic E-state index is 12.4. The van der Waals surface area contributed by atoms with Gasteiger partial charge in [0, 0.05) is 5.92 Å². The van der Waals surface area contributed by atoms with Gasteiger partial charge in [-0.1, -0.05) is 24.9 Å². The zero-order valence-corrected chi connectivity index (χ0v) is 11.6. The molecule has 0 radical (unpaired) electrons. The largest absolute Gasteiger partial charge is 0.481 e. The summed E-state index contributed by atoms with van der Waals surface area (Å²) in [5.74, 6) is -1.60. The standard InChI is InChI=1S/C13H15ClO3S/c1-2-7-5-8(9(6-7)13(16)17)11(15)12-10(14)3-4-18-12/h3-4,7-9H,2,5-6H2,1H3,(H,16,17). The molecule has 18 heavy (non-hydrogen) atoms. The van der Waals surface area contributed by atoms with Crippen LogP contribution in [0.25, 0.3) is 0 Å². The van der Waals surface area contributed by atoms with Gasteiger partial charge in [-0.05, 0) is 30.2 Å². The van der Waals surface area contributed by atoms with Crippen molar-refractivity contribution in [3.8, 4) is 0 Å². The summed E-state index contributed by atoms with van der Waals surface area (Å²) >= 11 is 7.25. The van der Waals surface area contributed by atoms with Gasteiger partial charge in [-0.3, -0.25) is 9.59 Å². The Hall–Kier alpha value is -0.870. The van der Waals surface area contributed by atoms with Gasteiger partial charge in [0.2, 0.25) is 0 Å². The molecule has 0 aliphatic heterocycles. The third-order valence-electron chi connectivity index (χ3n) is 3.73. The average molecular weight is 287 g/mol. The van der Waals surface area contributed by atoms with Gasteiger partial charge in [0.1, 0.15) is 0 Å². The van der Waals surface area contributed by atoms with E-state index in [4.69, 9.17) is 11.6 Å². The van der Waals surface area contributed by atoms with E-state index < -0.39 is 17.8 Å². The van der Waals surface area contributed by atoms with Crippen LogP contribution in [0.2, 0.25) is 5.02 Å². The van der Waals surface area contributed by atoms with Crippen molar-refractivity contribution in [2.24, 2.45) is 17.8 Å². The molecule has 3 atom stereocenters. The predicted octanol–water partition coefficient (Wildman–Crippen LogP) is 3.72. The first kappa shape index (κ1) is 13.6. The number of carboxylic acid groups (broad SMARTS) is 1. The van der Waals surface area contributed by atoms with E-state index in [9.17, 15) is 14.7 Å². The number of carbonyl (C=O) groups excluding carboxylic acids is 1. The summed E-state index contributed by atoms with van der Waals surface area (Å²) in [5, 5.41) is 11.4. The molecule has 1 aliphatic carbocycles. The molecular weight excluding hydrogens is 272 g/mol. The number of aliphatic carboxylic acids is 1. The number of carboxylic acids is 1. The molecular formula is C13H15ClO3S. The van der Waals surface area contributed by atoms with Crippen LogP contribution in [0.4, 0.5) is 0 Å². The van der Waals surface area contributed by atoms with Crippen LogP contribution >= 0.6 is 22.9 Å². The molecule has 0 saturated heterocycles. The molecule has 1 aromatic heterocycles. The van der Waals surface area contributed by atoms with Crippen molar-refractivity contribution in [2.45, 2.75) is 26.2 Å². The predicted molar refractivity (Wildman–Crippen MR) is 71.3 cm³/mol. The van der Waals surface area contributed by atoms with Crippen molar-refractivity contribution < 1.29 is 14.7 Å². The van der Waals surface area contributed by atoms with Crippen molar-refractivity contribution >= 4 is 34.7 Å². The van der Waals surface area contributed by atoms with Crippen LogP contribution in [0.5, 0.6) is 0 Å². The monoisotopic (exact) mass is 286 g/mol. The summed E-state index contributed by atoms with van der Waals surface area (Å²) in [4.78, 5) is 24.1. The minimum Gasteiger partial charge on any atom is -0.481 e. The van der Waals surface area contributed by atoms with Crippen LogP contribution in [0.15, 0.2) is 11.4 Å². The highest BCUT2D eigenvalue weighted by molar-refractivity contribution is 7.12. The number of thiophene rings is 1. The van der Waals surface area contributed by atoms with Gasteiger partial charge in [-0.15, -0.1) is 11.3 Å². The van der Waals surface area contributed by atoms with E-state index in [0.29, 0.717) is 28.7 Å². The lowest BCUT2D eigenvalue weighted by Gasteiger charge is -2.13. The fourth-order valence-electron chi connectivity index (χ4n) is 2.68. The van der Waals surface area contributed by atoms with E-state index in [-0.39, 0.29) is 5.78 Å². The lowest BCUT2D eigenvalue weighted by atomic mass is 9.91. The molecule has 1 saturated carbocycles. The summed E-state index contributed by atoms with van der Waals surface area (Å²) in [5.41, 5.74) is 0. The minimum atomic E-state index is -0.864. The summed E-state index contributed by atoms with van der Waals surface area (Å²) in [6.45, 7) is 2.04. The van der Waals surface area contributed by atoms with Crippen molar-refractivity contribution in [1.82, 2.24) is 0 Å². The molecule has 0 amide bonds. The Morgan fingerprint density at radius 3 is 2.61 bits per heavy atom. The van der Waals surface area contributed by atoms with Gasteiger partial charge in [0.05, 0.1) is 15.8 Å². The quantitative estimate of drug-likeness (QED) is 0.858. The van der Waals surface area contributed by atoms with Crippen molar-refractivity contribution in [2.75, 3.05) is 0 Å². The second-order valence-electron chi connectivity index (χ2n) is 4.76. The summed E-state index contributed by atoms with van der Waals surface area (Å²) in [7, 11) is 0. The third kappa shape index (κ3) is 2.45. The van der Waals surface area contributed by atoms with Crippen molar-refractivity contribution in [1.29, 1.82) is 0 Å². The number of hydrogen-bond donors (Lipinski definition) is 1. The fourth-order valence-corrected chi connectivity index (χ4v) is 3.83. The van der Waals surface area contributed by atoms with E-state index in [1.54, 1.807) is 11.4 Å². The lowest BCUT2D eigenvalue weighted by Crippen LogP contribution is -2.25. The van der Waals surface area contributed by atoms with Crippen LogP contribution in [-0.4, -0.2) is 16.9 Å². The second kappa shape index (κ2) is 5.41. The van der Waals surface area contributed by atoms with Gasteiger partial charge < -0.3 is 5.11 Å². The van der Waals surface area contributed by atoms with Crippen LogP contribution in [0, 0.1) is 17.8 Å². The molecule has 0 aromatic carbocycles. The van der Waals surface area contributed by atoms with E-state index in [0.717, 1.165) is 6.42 Å². The van der Waals surface area contributed by atoms with Gasteiger partial charge in [0.15, 0.2) is 5.78 Å². The SMILES string of the molecule is CCC1CC(C(=O)O)C(C(=O)c2sccc2Cl)C1. The molecule has 1 heterocycles. The molecule has 5 heteroatoms. The summed E-state index contributed by atoms with van der Waals surface area (Å²) < 4.78 is 0. The Morgan fingerprint density at radius 2 is 2.11 bits per heavy atom. The first-order chi connectivity index (χ1) is 8.54. The Balaban J connectivity index is 2.23. The Morgan fingerprint density at radius 1 is 1.44 bits per heavy atom. The number of hydrogen-bond acceptors (Lipinski definition) is 3. The van der Waals surface area contributed by atoms with Crippen molar-refractivity contribution in [3.63, 3.8) is 0 Å². The Bertz CT molecular complexity index is 469. The molecule has 3 unspecified atom stereocenters. The maximum atomic E-state index is 12.4. The second-order valence-corrected chi connectivity index (χ2v) is 6.08. The molecule has 1 N–H and O–H groups in total. The zero-order chi connectivity index (χ0) is 13.3. The number of Topliss-reactive ketones (excluding diaryl/α,β-unsaturated/α-hetero) is 1. The molecule has 3 nitrogen and oxygen atoms in total. The van der Waals surface area contributed by atoms with Crippen LogP contribution < -0.4 is 0 Å². The lowest BCUT2D eigenvalue weighted by molar-refractivity contribution is -0.142. The molecule has 2 rings (SSSR count). The fraction of sp³-hybridized carbons (Fsp3) is 0.538. The zero-order valence-electron chi connectivity index (χ0n) is 10.1. The van der Waals surface area contributed by atoms with Crippen LogP contribution in [-0.2, 0) is 4.79 Å². The molecule has 0 spiro atoms. The average Bonchev–Trinajstić information content (AvgIpc) is 2.93. The number of ketones is 1. The van der Waals surface area contributed by atoms with Gasteiger partial charge in [0.25, 0.3) is 0 Å². The molecule has 1 fully saturated rings. The first-order valence-corrected chi connectivity index (χ1v) is 7.30. The normalized spacial score (nSPS) is 27.3. The summed E-state index contributed by atoms with van der Waals surface area (Å²) in [6, 6.07) is 1.68. The van der Waals surface area contributed by atoms with E-state index in [2.05, 4.69) is 0 Å². The van der Waals surface area contributed by atoms with Gasteiger partial charge in [-0.25, -0.2) is 0 Å². The number of carbonyl (C=O) groups is 2. The van der Waals surface area contributed by atoms with Crippen LogP contribution in [0.3, 0.4) is 0 Å². The van der Waals surface area contributed by atoms with E-state index >= 15 is 0 Å². The van der Waals surface area contributed by atoms with Gasteiger partial charge >= 0.3 is 5.97 Å². The highest BCUT2D eigenvalue weighted by atomic mass is 35.5. The topological polar surface area (TPSA) is 54.4 Å². The third-order valence-corrected chi connectivity index (χ3v) is 5.09. The highest BCUT2D eigenvalue weighted by Crippen LogP contribution is 2.41. The minimum absolute atomic E-state index is 0.0987. The molecule has 0 bridgehead atoms. The molecule has 98 valence electrons. The Labute approximate surface area is 115 Å². The van der Waals surface area contributed by atoms with Crippen LogP contribution in [0.1, 0.15) is 35.9 Å². The molecule has 1 aromatic rings.